The number of β-amino-alcohol motifs (C(OH)–C–C–N with tert-alkyl or cyclic N) is 1. The Balaban J connectivity index is 1.61. The summed E-state index contributed by atoms with van der Waals surface area (Å²) in [6.45, 7) is 0.686. The van der Waals surface area contributed by atoms with E-state index in [4.69, 9.17) is 9.47 Å². The van der Waals surface area contributed by atoms with Crippen LogP contribution in [-0.2, 0) is 35.6 Å². The van der Waals surface area contributed by atoms with Crippen molar-refractivity contribution in [2.75, 3.05) is 13.2 Å². The van der Waals surface area contributed by atoms with E-state index in [1.54, 1.807) is 0 Å². The Labute approximate surface area is 255 Å². The second-order valence-electron chi connectivity index (χ2n) is 11.0. The molecule has 1 amide bonds. The molecule has 1 aliphatic heterocycles. The number of ether oxygens (including phenoxy) is 2. The molecule has 0 spiro atoms. The van der Waals surface area contributed by atoms with Crippen LogP contribution in [0.25, 0.3) is 0 Å². The first-order valence-corrected chi connectivity index (χ1v) is 14.6. The quantitative estimate of drug-likeness (QED) is 0.211. The fraction of sp³-hybridized carbons (Fsp3) is 0.286. The molecule has 0 aromatic heterocycles. The molecule has 0 saturated carbocycles. The van der Waals surface area contributed by atoms with E-state index in [2.05, 4.69) is 4.90 Å². The minimum absolute atomic E-state index is 0.120. The average Bonchev–Trinajstić information content (AvgIpc) is 3.02. The minimum atomic E-state index is -1.28. The fourth-order valence-corrected chi connectivity index (χ4v) is 5.74. The molecule has 5 rings (SSSR count). The molecule has 2 N–H and O–H groups in total. The summed E-state index contributed by atoms with van der Waals surface area (Å²) in [6, 6.07) is 31.2. The van der Waals surface area contributed by atoms with Crippen LogP contribution in [-0.4, -0.2) is 63.7 Å². The Morgan fingerprint density at radius 2 is 1.36 bits per heavy atom. The number of amides is 1. The Morgan fingerprint density at radius 1 is 0.841 bits per heavy atom. The van der Waals surface area contributed by atoms with E-state index in [1.165, 1.54) is 12.1 Å². The van der Waals surface area contributed by atoms with Gasteiger partial charge in [0.2, 0.25) is 0 Å². The Morgan fingerprint density at radius 3 is 1.89 bits per heavy atom. The van der Waals surface area contributed by atoms with Crippen molar-refractivity contribution >= 4 is 6.09 Å². The number of carboxylic acid groups (broad SMARTS) is 1. The van der Waals surface area contributed by atoms with Crippen LogP contribution in [0.4, 0.5) is 13.6 Å². The largest absolute Gasteiger partial charge is 0.465 e. The topological polar surface area (TPSA) is 82.5 Å². The predicted molar refractivity (Wildman–Crippen MR) is 161 cm³/mol. The standard InChI is InChI=1S/C35H36F2N2O5/c36-29-16-28(17-30(37)19-29)18-31(38(20-25-10-4-1-5-11-25)21-26-12-6-2-7-13-26)34(44-23-27-14-8-3-9-15-27)32-24-43-33(40)22-39(32)35(41)42/h1-17,19,31-34,40H,18,20-24H2,(H,41,42)/t31?,32?,33-,34?/m1/s1. The predicted octanol–water partition coefficient (Wildman–Crippen LogP) is 5.86. The van der Waals surface area contributed by atoms with Crippen molar-refractivity contribution in [1.82, 2.24) is 9.80 Å². The lowest BCUT2D eigenvalue weighted by molar-refractivity contribution is -0.187. The van der Waals surface area contributed by atoms with Gasteiger partial charge in [-0.15, -0.1) is 0 Å². The number of aliphatic hydroxyl groups is 1. The van der Waals surface area contributed by atoms with Crippen LogP contribution in [0.3, 0.4) is 0 Å². The zero-order chi connectivity index (χ0) is 30.9. The molecule has 230 valence electrons. The summed E-state index contributed by atoms with van der Waals surface area (Å²) < 4.78 is 41.2. The van der Waals surface area contributed by atoms with Crippen LogP contribution < -0.4 is 0 Å². The third-order valence-corrected chi connectivity index (χ3v) is 7.80. The van der Waals surface area contributed by atoms with Gasteiger partial charge < -0.3 is 19.7 Å². The first-order chi connectivity index (χ1) is 21.4. The van der Waals surface area contributed by atoms with Crippen LogP contribution >= 0.6 is 0 Å². The highest BCUT2D eigenvalue weighted by molar-refractivity contribution is 5.65. The molecule has 9 heteroatoms. The molecular formula is C35H36F2N2O5. The third kappa shape index (κ3) is 8.48. The fourth-order valence-electron chi connectivity index (χ4n) is 5.74. The molecule has 0 radical (unpaired) electrons. The van der Waals surface area contributed by atoms with Crippen molar-refractivity contribution in [1.29, 1.82) is 0 Å². The highest BCUT2D eigenvalue weighted by Crippen LogP contribution is 2.28. The summed E-state index contributed by atoms with van der Waals surface area (Å²) >= 11 is 0. The molecule has 1 fully saturated rings. The maximum atomic E-state index is 14.5. The van der Waals surface area contributed by atoms with Gasteiger partial charge in [0, 0.05) is 25.2 Å². The molecule has 1 aliphatic rings. The molecule has 0 bridgehead atoms. The Kier molecular flexibility index (Phi) is 10.7. The maximum Gasteiger partial charge on any atom is 0.407 e. The Hall–Kier alpha value is -4.15. The second-order valence-corrected chi connectivity index (χ2v) is 11.0. The summed E-state index contributed by atoms with van der Waals surface area (Å²) in [5.74, 6) is -1.40. The van der Waals surface area contributed by atoms with Crippen LogP contribution in [0.5, 0.6) is 0 Å². The van der Waals surface area contributed by atoms with Crippen LogP contribution in [0.1, 0.15) is 22.3 Å². The third-order valence-electron chi connectivity index (χ3n) is 7.80. The van der Waals surface area contributed by atoms with Crippen molar-refractivity contribution in [3.63, 3.8) is 0 Å². The molecule has 44 heavy (non-hydrogen) atoms. The van der Waals surface area contributed by atoms with Crippen molar-refractivity contribution in [3.05, 3.63) is 143 Å². The van der Waals surface area contributed by atoms with E-state index in [0.717, 1.165) is 27.7 Å². The average molecular weight is 603 g/mol. The zero-order valence-corrected chi connectivity index (χ0v) is 24.2. The van der Waals surface area contributed by atoms with Crippen LogP contribution in [0, 0.1) is 11.6 Å². The summed E-state index contributed by atoms with van der Waals surface area (Å²) in [5.41, 5.74) is 3.30. The lowest BCUT2D eigenvalue weighted by Gasteiger charge is -2.45. The number of nitrogens with zero attached hydrogens (tertiary/aromatic N) is 2. The SMILES string of the molecule is O=C(O)N1C[C@H](O)OCC1C(OCc1ccccc1)C(Cc1cc(F)cc(F)c1)N(Cc1ccccc1)Cc1ccccc1. The normalized spacial score (nSPS) is 18.2. The second kappa shape index (κ2) is 15.0. The summed E-state index contributed by atoms with van der Waals surface area (Å²) in [6.07, 6.45) is -3.17. The molecule has 1 saturated heterocycles. The lowest BCUT2D eigenvalue weighted by atomic mass is 9.92. The molecule has 4 aromatic rings. The van der Waals surface area contributed by atoms with Gasteiger partial charge in [-0.05, 0) is 40.8 Å². The van der Waals surface area contributed by atoms with E-state index in [0.29, 0.717) is 18.7 Å². The van der Waals surface area contributed by atoms with Crippen molar-refractivity contribution < 1.29 is 33.3 Å². The van der Waals surface area contributed by atoms with Gasteiger partial charge in [-0.2, -0.15) is 0 Å². The van der Waals surface area contributed by atoms with Gasteiger partial charge in [-0.1, -0.05) is 91.0 Å². The van der Waals surface area contributed by atoms with Crippen molar-refractivity contribution in [2.45, 2.75) is 50.6 Å². The number of halogens is 2. The van der Waals surface area contributed by atoms with E-state index in [1.807, 2.05) is 91.0 Å². The monoisotopic (exact) mass is 602 g/mol. The molecule has 7 nitrogen and oxygen atoms in total. The van der Waals surface area contributed by atoms with Gasteiger partial charge >= 0.3 is 6.09 Å². The molecule has 3 unspecified atom stereocenters. The van der Waals surface area contributed by atoms with Gasteiger partial charge in [-0.3, -0.25) is 9.80 Å². The van der Waals surface area contributed by atoms with Gasteiger partial charge in [0.1, 0.15) is 11.6 Å². The van der Waals surface area contributed by atoms with Crippen molar-refractivity contribution in [3.8, 4) is 0 Å². The minimum Gasteiger partial charge on any atom is -0.465 e. The van der Waals surface area contributed by atoms with Gasteiger partial charge in [0.15, 0.2) is 6.29 Å². The highest BCUT2D eigenvalue weighted by atomic mass is 19.1. The van der Waals surface area contributed by atoms with Gasteiger partial charge in [-0.25, -0.2) is 13.6 Å². The molecule has 0 aliphatic carbocycles. The Bertz CT molecular complexity index is 1420. The molecular weight excluding hydrogens is 566 g/mol. The van der Waals surface area contributed by atoms with Gasteiger partial charge in [0.25, 0.3) is 0 Å². The van der Waals surface area contributed by atoms with E-state index in [-0.39, 0.29) is 26.2 Å². The van der Waals surface area contributed by atoms with Gasteiger partial charge in [0.05, 0.1) is 31.9 Å². The molecule has 4 aromatic carbocycles. The first kappa shape index (κ1) is 31.3. The van der Waals surface area contributed by atoms with E-state index < -0.39 is 42.2 Å². The van der Waals surface area contributed by atoms with Crippen molar-refractivity contribution in [2.24, 2.45) is 0 Å². The van der Waals surface area contributed by atoms with E-state index >= 15 is 0 Å². The lowest BCUT2D eigenvalue weighted by Crippen LogP contribution is -2.62. The maximum absolute atomic E-state index is 14.5. The number of hydrogen-bond acceptors (Lipinski definition) is 5. The number of aliphatic hydroxyl groups excluding tert-OH is 1. The number of benzene rings is 4. The number of carbonyl (C=O) groups is 1. The summed E-state index contributed by atoms with van der Waals surface area (Å²) in [4.78, 5) is 15.8. The number of morpholine rings is 1. The zero-order valence-electron chi connectivity index (χ0n) is 24.2. The highest BCUT2D eigenvalue weighted by Gasteiger charge is 2.43. The molecule has 1 heterocycles. The smallest absolute Gasteiger partial charge is 0.407 e. The van der Waals surface area contributed by atoms with Crippen LogP contribution in [0.15, 0.2) is 109 Å². The molecule has 4 atom stereocenters. The summed E-state index contributed by atoms with van der Waals surface area (Å²) in [7, 11) is 0. The first-order valence-electron chi connectivity index (χ1n) is 14.6. The summed E-state index contributed by atoms with van der Waals surface area (Å²) in [5, 5.41) is 20.4. The number of hydrogen-bond donors (Lipinski definition) is 2. The van der Waals surface area contributed by atoms with Crippen LogP contribution in [0.2, 0.25) is 0 Å². The number of rotatable bonds is 12. The van der Waals surface area contributed by atoms with E-state index in [9.17, 15) is 23.8 Å².